The van der Waals surface area contributed by atoms with E-state index in [2.05, 4.69) is 20.0 Å². The maximum Gasteiger partial charge on any atom is 0.307 e. The predicted octanol–water partition coefficient (Wildman–Crippen LogP) is 3.27. The number of carboxylic acid groups (broad SMARTS) is 1. The van der Waals surface area contributed by atoms with E-state index in [4.69, 9.17) is 10.8 Å². The summed E-state index contributed by atoms with van der Waals surface area (Å²) >= 11 is 0. The molecular weight excluding hydrogens is 390 g/mol. The summed E-state index contributed by atoms with van der Waals surface area (Å²) in [6, 6.07) is 23.5. The van der Waals surface area contributed by atoms with Gasteiger partial charge in [0.15, 0.2) is 11.5 Å². The fraction of sp³-hybridized carbons (Fsp3) is 0.125. The first-order valence-electron chi connectivity index (χ1n) is 9.79. The molecule has 2 aliphatic rings. The summed E-state index contributed by atoms with van der Waals surface area (Å²) in [4.78, 5) is 27.1. The van der Waals surface area contributed by atoms with Crippen molar-refractivity contribution in [1.29, 1.82) is 0 Å². The van der Waals surface area contributed by atoms with Crippen molar-refractivity contribution in [2.24, 2.45) is 25.7 Å². The van der Waals surface area contributed by atoms with E-state index in [1.54, 1.807) is 0 Å². The molecular formula is C24H21N5O2. The summed E-state index contributed by atoms with van der Waals surface area (Å²) in [6.07, 6.45) is 3.60. The highest BCUT2D eigenvalue weighted by Crippen LogP contribution is 2.20. The Labute approximate surface area is 179 Å². The first-order chi connectivity index (χ1) is 15.0. The largest absolute Gasteiger partial charge is 0.481 e. The van der Waals surface area contributed by atoms with Gasteiger partial charge in [-0.1, -0.05) is 72.8 Å². The quantitative estimate of drug-likeness (QED) is 0.687. The molecule has 3 aromatic rings. The molecule has 2 aliphatic heterocycles. The lowest BCUT2D eigenvalue weighted by Gasteiger charge is -2.26. The molecule has 154 valence electrons. The van der Waals surface area contributed by atoms with Gasteiger partial charge in [-0.15, -0.1) is 0 Å². The molecule has 5 rings (SSSR count). The standard InChI is InChI=1S/C12H11N5.C12H10O2/c13-12(6-9-4-2-1-3-5-9)10-11(15-7-14-10)16-8-17-12;13-12(14)8-10-6-3-5-9-4-1-2-7-11(9)10/h1-5,7-8H,6,13H2;1-7H,8H2,(H,13,14). The molecule has 0 amide bonds. The van der Waals surface area contributed by atoms with Crippen LogP contribution in [0, 0.1) is 0 Å². The fourth-order valence-corrected chi connectivity index (χ4v) is 3.55. The molecule has 3 aromatic carbocycles. The average molecular weight is 411 g/mol. The number of hydrogen-bond acceptors (Lipinski definition) is 6. The van der Waals surface area contributed by atoms with E-state index < -0.39 is 11.6 Å². The van der Waals surface area contributed by atoms with E-state index >= 15 is 0 Å². The summed E-state index contributed by atoms with van der Waals surface area (Å²) in [7, 11) is 0. The summed E-state index contributed by atoms with van der Waals surface area (Å²) in [5.41, 5.74) is 8.06. The smallest absolute Gasteiger partial charge is 0.307 e. The third kappa shape index (κ3) is 4.62. The molecule has 2 heterocycles. The van der Waals surface area contributed by atoms with Crippen LogP contribution in [0.5, 0.6) is 0 Å². The molecule has 0 aliphatic carbocycles. The molecule has 0 aromatic heterocycles. The lowest BCUT2D eigenvalue weighted by molar-refractivity contribution is -0.136. The summed E-state index contributed by atoms with van der Waals surface area (Å²) < 4.78 is 0. The van der Waals surface area contributed by atoms with Gasteiger partial charge in [-0.3, -0.25) is 4.79 Å². The van der Waals surface area contributed by atoms with E-state index in [1.807, 2.05) is 72.8 Å². The van der Waals surface area contributed by atoms with Crippen molar-refractivity contribution in [3.8, 4) is 0 Å². The van der Waals surface area contributed by atoms with E-state index in [0.29, 0.717) is 18.0 Å². The Hall–Kier alpha value is -3.97. The summed E-state index contributed by atoms with van der Waals surface area (Å²) in [5.74, 6) is -0.222. The third-order valence-electron chi connectivity index (χ3n) is 4.99. The number of rotatable bonds is 4. The second-order valence-corrected chi connectivity index (χ2v) is 7.21. The molecule has 0 saturated heterocycles. The maximum absolute atomic E-state index is 10.6. The van der Waals surface area contributed by atoms with Crippen LogP contribution in [0.2, 0.25) is 0 Å². The molecule has 1 unspecified atom stereocenters. The lowest BCUT2D eigenvalue weighted by atomic mass is 9.95. The van der Waals surface area contributed by atoms with Crippen LogP contribution in [0.1, 0.15) is 11.1 Å². The normalized spacial score (nSPS) is 18.6. The summed E-state index contributed by atoms with van der Waals surface area (Å²) in [5, 5.41) is 10.8. The molecule has 0 bridgehead atoms. The fourth-order valence-electron chi connectivity index (χ4n) is 3.55. The minimum absolute atomic E-state index is 0.0847. The number of aliphatic imine (C=N–C) groups is 4. The van der Waals surface area contributed by atoms with Crippen molar-refractivity contribution in [2.45, 2.75) is 18.5 Å². The molecule has 0 saturated carbocycles. The lowest BCUT2D eigenvalue weighted by Crippen LogP contribution is -2.52. The SMILES string of the molecule is NC1(Cc2ccccc2)N=CN=C2N=CN=C21.O=C(O)Cc1cccc2ccccc12. The molecule has 31 heavy (non-hydrogen) atoms. The average Bonchev–Trinajstić information content (AvgIpc) is 3.26. The van der Waals surface area contributed by atoms with Crippen LogP contribution in [-0.2, 0) is 17.6 Å². The number of benzene rings is 3. The van der Waals surface area contributed by atoms with Gasteiger partial charge in [0.1, 0.15) is 18.4 Å². The molecule has 7 nitrogen and oxygen atoms in total. The van der Waals surface area contributed by atoms with Crippen LogP contribution < -0.4 is 5.73 Å². The number of carboxylic acids is 1. The molecule has 3 N–H and O–H groups in total. The van der Waals surface area contributed by atoms with Crippen LogP contribution in [0.15, 0.2) is 92.8 Å². The number of carbonyl (C=O) groups is 1. The van der Waals surface area contributed by atoms with Crippen molar-refractivity contribution in [2.75, 3.05) is 0 Å². The van der Waals surface area contributed by atoms with Gasteiger partial charge in [0.2, 0.25) is 0 Å². The predicted molar refractivity (Wildman–Crippen MR) is 124 cm³/mol. The van der Waals surface area contributed by atoms with Crippen LogP contribution in [0.3, 0.4) is 0 Å². The Bertz CT molecular complexity index is 1230. The molecule has 0 radical (unpaired) electrons. The zero-order valence-electron chi connectivity index (χ0n) is 16.7. The maximum atomic E-state index is 10.6. The number of amidine groups is 1. The first-order valence-corrected chi connectivity index (χ1v) is 9.79. The van der Waals surface area contributed by atoms with Gasteiger partial charge < -0.3 is 10.8 Å². The number of nitrogens with two attached hydrogens (primary N) is 1. The van der Waals surface area contributed by atoms with Crippen molar-refractivity contribution >= 4 is 41.0 Å². The number of nitrogens with zero attached hydrogens (tertiary/aromatic N) is 4. The molecule has 7 heteroatoms. The van der Waals surface area contributed by atoms with E-state index in [1.165, 1.54) is 12.7 Å². The Kier molecular flexibility index (Phi) is 5.77. The van der Waals surface area contributed by atoms with Crippen molar-refractivity contribution in [1.82, 2.24) is 0 Å². The molecule has 0 spiro atoms. The summed E-state index contributed by atoms with van der Waals surface area (Å²) in [6.45, 7) is 0. The first kappa shape index (κ1) is 20.3. The van der Waals surface area contributed by atoms with Crippen LogP contribution in [-0.4, -0.2) is 41.0 Å². The van der Waals surface area contributed by atoms with Crippen molar-refractivity contribution in [3.63, 3.8) is 0 Å². The highest BCUT2D eigenvalue weighted by molar-refractivity contribution is 6.50. The third-order valence-corrected chi connectivity index (χ3v) is 4.99. The van der Waals surface area contributed by atoms with Crippen LogP contribution >= 0.6 is 0 Å². The van der Waals surface area contributed by atoms with Crippen LogP contribution in [0.4, 0.5) is 0 Å². The van der Waals surface area contributed by atoms with Crippen LogP contribution in [0.25, 0.3) is 10.8 Å². The van der Waals surface area contributed by atoms with Gasteiger partial charge in [-0.2, -0.15) is 0 Å². The highest BCUT2D eigenvalue weighted by Gasteiger charge is 2.37. The molecule has 1 atom stereocenters. The molecule has 0 fully saturated rings. The van der Waals surface area contributed by atoms with E-state index in [0.717, 1.165) is 21.9 Å². The number of hydrogen-bond donors (Lipinski definition) is 2. The van der Waals surface area contributed by atoms with Gasteiger partial charge in [0.05, 0.1) is 6.42 Å². The minimum Gasteiger partial charge on any atom is -0.481 e. The monoisotopic (exact) mass is 411 g/mol. The van der Waals surface area contributed by atoms with Gasteiger partial charge in [-0.25, -0.2) is 20.0 Å². The van der Waals surface area contributed by atoms with Gasteiger partial charge in [0.25, 0.3) is 0 Å². The number of aliphatic carboxylic acids is 1. The van der Waals surface area contributed by atoms with E-state index in [9.17, 15) is 4.79 Å². The minimum atomic E-state index is -0.852. The second kappa shape index (κ2) is 8.81. The zero-order valence-corrected chi connectivity index (χ0v) is 16.7. The highest BCUT2D eigenvalue weighted by atomic mass is 16.4. The van der Waals surface area contributed by atoms with Gasteiger partial charge in [-0.05, 0) is 21.9 Å². The Morgan fingerprint density at radius 2 is 1.65 bits per heavy atom. The van der Waals surface area contributed by atoms with E-state index in [-0.39, 0.29) is 6.42 Å². The second-order valence-electron chi connectivity index (χ2n) is 7.21. The Balaban J connectivity index is 0.000000152. The van der Waals surface area contributed by atoms with Gasteiger partial charge >= 0.3 is 5.97 Å². The number of fused-ring (bicyclic) bond motifs is 2. The van der Waals surface area contributed by atoms with Gasteiger partial charge in [0, 0.05) is 6.42 Å². The zero-order chi connectivity index (χ0) is 21.7. The van der Waals surface area contributed by atoms with Crippen molar-refractivity contribution < 1.29 is 9.90 Å². The Morgan fingerprint density at radius 1 is 0.903 bits per heavy atom. The Morgan fingerprint density at radius 3 is 2.45 bits per heavy atom. The van der Waals surface area contributed by atoms with Crippen molar-refractivity contribution in [3.05, 3.63) is 83.9 Å². The topological polar surface area (TPSA) is 113 Å².